The van der Waals surface area contributed by atoms with Crippen LogP contribution in [0.4, 0.5) is 0 Å². The lowest BCUT2D eigenvalue weighted by molar-refractivity contribution is 0.746. The third-order valence-electron chi connectivity index (χ3n) is 13.1. The highest BCUT2D eigenvalue weighted by atomic mass is 15.0. The van der Waals surface area contributed by atoms with Gasteiger partial charge in [0.25, 0.3) is 0 Å². The van der Waals surface area contributed by atoms with Gasteiger partial charge in [-0.05, 0) is 105 Å². The summed E-state index contributed by atoms with van der Waals surface area (Å²) in [4.78, 5) is 0. The van der Waals surface area contributed by atoms with Gasteiger partial charge in [-0.15, -0.1) is 0 Å². The fourth-order valence-electron chi connectivity index (χ4n) is 10.2. The zero-order valence-electron chi connectivity index (χ0n) is 36.6. The lowest BCUT2D eigenvalue weighted by Crippen LogP contribution is -2.30. The summed E-state index contributed by atoms with van der Waals surface area (Å²) in [5, 5.41) is 4.97. The molecule has 2 heterocycles. The van der Waals surface area contributed by atoms with E-state index in [0.29, 0.717) is 0 Å². The van der Waals surface area contributed by atoms with Crippen molar-refractivity contribution in [2.75, 3.05) is 0 Å². The Morgan fingerprint density at radius 1 is 0.246 bits per heavy atom. The van der Waals surface area contributed by atoms with Crippen LogP contribution in [0.25, 0.3) is 77.2 Å². The van der Waals surface area contributed by atoms with Crippen LogP contribution in [0.3, 0.4) is 0 Å². The first-order valence-corrected chi connectivity index (χ1v) is 22.8. The lowest BCUT2D eigenvalue weighted by atomic mass is 9.65. The summed E-state index contributed by atoms with van der Waals surface area (Å²) in [7, 11) is 0. The van der Waals surface area contributed by atoms with Gasteiger partial charge in [0.2, 0.25) is 0 Å². The Hall–Kier alpha value is -8.20. The molecule has 310 valence electrons. The predicted molar refractivity (Wildman–Crippen MR) is 276 cm³/mol. The smallest absolute Gasteiger partial charge is 0.0701 e. The summed E-state index contributed by atoms with van der Waals surface area (Å²) < 4.78 is 4.83. The number of rotatable bonds is 8. The molecule has 2 aromatic heterocycles. The average Bonchev–Trinajstić information content (AvgIpc) is 3.91. The van der Waals surface area contributed by atoms with Crippen molar-refractivity contribution in [1.29, 1.82) is 0 Å². The van der Waals surface area contributed by atoms with Crippen LogP contribution in [-0.4, -0.2) is 9.13 Å². The minimum Gasteiger partial charge on any atom is -0.309 e. The van der Waals surface area contributed by atoms with Crippen LogP contribution >= 0.6 is 0 Å². The zero-order chi connectivity index (χ0) is 43.7. The SMILES string of the molecule is CC.c1ccc(-c2ccc3c(c2)c2cc(C(c4ccccc4)(c4ccccc4)c4ccccc4)ccc2n3-c2cccc(-c3ccc(-n4c5ccccc5c5ccccc54)cc3)c2)cc1. The molecule has 0 aliphatic heterocycles. The third-order valence-corrected chi connectivity index (χ3v) is 13.1. The van der Waals surface area contributed by atoms with E-state index in [0.717, 1.165) is 11.4 Å². The van der Waals surface area contributed by atoms with Gasteiger partial charge in [0.15, 0.2) is 0 Å². The van der Waals surface area contributed by atoms with Crippen molar-refractivity contribution in [3.63, 3.8) is 0 Å². The summed E-state index contributed by atoms with van der Waals surface area (Å²) in [6, 6.07) is 93.3. The van der Waals surface area contributed by atoms with Gasteiger partial charge < -0.3 is 9.13 Å². The number of aromatic nitrogens is 2. The van der Waals surface area contributed by atoms with E-state index < -0.39 is 5.41 Å². The first kappa shape index (κ1) is 39.6. The quantitative estimate of drug-likeness (QED) is 0.135. The van der Waals surface area contributed by atoms with Gasteiger partial charge in [0.05, 0.1) is 27.5 Å². The van der Waals surface area contributed by atoms with E-state index in [2.05, 4.69) is 264 Å². The van der Waals surface area contributed by atoms with Crippen LogP contribution in [0.5, 0.6) is 0 Å². The van der Waals surface area contributed by atoms with Gasteiger partial charge in [-0.25, -0.2) is 0 Å². The molecule has 0 radical (unpaired) electrons. The highest BCUT2D eigenvalue weighted by molar-refractivity contribution is 6.11. The molecule has 2 nitrogen and oxygen atoms in total. The Bertz CT molecular complexity index is 3430. The molecule has 0 spiro atoms. The first-order valence-electron chi connectivity index (χ1n) is 22.8. The van der Waals surface area contributed by atoms with Crippen molar-refractivity contribution in [1.82, 2.24) is 9.13 Å². The molecule has 0 fully saturated rings. The van der Waals surface area contributed by atoms with Crippen molar-refractivity contribution in [3.8, 4) is 33.6 Å². The fraction of sp³-hybridized carbons (Fsp3) is 0.0476. The van der Waals surface area contributed by atoms with E-state index in [9.17, 15) is 0 Å². The molecule has 2 heteroatoms. The summed E-state index contributed by atoms with van der Waals surface area (Å²) in [6.45, 7) is 4.00. The highest BCUT2D eigenvalue weighted by Gasteiger charge is 2.38. The monoisotopic (exact) mass is 832 g/mol. The molecule has 0 amide bonds. The van der Waals surface area contributed by atoms with E-state index in [4.69, 9.17) is 0 Å². The normalized spacial score (nSPS) is 11.5. The maximum Gasteiger partial charge on any atom is 0.0701 e. The molecule has 0 unspecified atom stereocenters. The molecule has 0 N–H and O–H groups in total. The molecule has 12 rings (SSSR count). The average molecular weight is 833 g/mol. The van der Waals surface area contributed by atoms with Gasteiger partial charge in [-0.2, -0.15) is 0 Å². The van der Waals surface area contributed by atoms with E-state index in [-0.39, 0.29) is 0 Å². The number of para-hydroxylation sites is 2. The van der Waals surface area contributed by atoms with Gasteiger partial charge in [0, 0.05) is 32.9 Å². The van der Waals surface area contributed by atoms with Crippen LogP contribution in [0.2, 0.25) is 0 Å². The molecule has 65 heavy (non-hydrogen) atoms. The Kier molecular flexibility index (Phi) is 10.3. The minimum atomic E-state index is -0.561. The summed E-state index contributed by atoms with van der Waals surface area (Å²) >= 11 is 0. The van der Waals surface area contributed by atoms with Crippen molar-refractivity contribution < 1.29 is 0 Å². The van der Waals surface area contributed by atoms with Gasteiger partial charge in [-0.1, -0.05) is 208 Å². The van der Waals surface area contributed by atoms with Crippen LogP contribution in [0.1, 0.15) is 36.1 Å². The van der Waals surface area contributed by atoms with Crippen molar-refractivity contribution in [3.05, 3.63) is 277 Å². The van der Waals surface area contributed by atoms with E-state index in [1.165, 1.54) is 88.1 Å². The molecule has 0 saturated carbocycles. The van der Waals surface area contributed by atoms with Crippen LogP contribution in [-0.2, 0) is 5.41 Å². The van der Waals surface area contributed by atoms with Crippen LogP contribution in [0.15, 0.2) is 255 Å². The second kappa shape index (κ2) is 16.8. The van der Waals surface area contributed by atoms with Crippen molar-refractivity contribution in [2.24, 2.45) is 0 Å². The van der Waals surface area contributed by atoms with E-state index in [1.807, 2.05) is 13.8 Å². The Balaban J connectivity index is 0.00000231. The summed E-state index contributed by atoms with van der Waals surface area (Å²) in [5.41, 5.74) is 16.1. The summed E-state index contributed by atoms with van der Waals surface area (Å²) in [6.07, 6.45) is 0. The molecule has 0 aliphatic rings. The second-order valence-electron chi connectivity index (χ2n) is 16.5. The van der Waals surface area contributed by atoms with Crippen LogP contribution < -0.4 is 0 Å². The Morgan fingerprint density at radius 2 is 0.646 bits per heavy atom. The predicted octanol–water partition coefficient (Wildman–Crippen LogP) is 16.6. The fourth-order valence-corrected chi connectivity index (χ4v) is 10.2. The Morgan fingerprint density at radius 3 is 1.22 bits per heavy atom. The molecule has 12 aromatic rings. The van der Waals surface area contributed by atoms with Gasteiger partial charge in [-0.3, -0.25) is 0 Å². The third kappa shape index (κ3) is 6.65. The number of nitrogens with zero attached hydrogens (tertiary/aromatic N) is 2. The Labute approximate surface area is 380 Å². The van der Waals surface area contributed by atoms with E-state index >= 15 is 0 Å². The largest absolute Gasteiger partial charge is 0.309 e. The molecular formula is C63H48N2. The summed E-state index contributed by atoms with van der Waals surface area (Å²) in [5.74, 6) is 0. The van der Waals surface area contributed by atoms with Crippen molar-refractivity contribution in [2.45, 2.75) is 19.3 Å². The van der Waals surface area contributed by atoms with Gasteiger partial charge >= 0.3 is 0 Å². The van der Waals surface area contributed by atoms with Crippen molar-refractivity contribution >= 4 is 43.6 Å². The number of benzene rings is 10. The number of fused-ring (bicyclic) bond motifs is 6. The standard InChI is InChI=1S/C61H42N2.C2H6/c1-5-18-43(19-6-1)46-34-38-59-55(41-46)56-42-50(61(47-21-7-2-8-22-47,48-23-9-3-10-24-48)49-25-11-4-12-26-49)35-39-60(56)63(59)52-27-17-20-45(40-52)44-32-36-51(37-33-44)62-57-30-15-13-28-53(57)54-29-14-16-31-58(54)62;1-2/h1-42H;1-2H3. The maximum atomic E-state index is 2.47. The highest BCUT2D eigenvalue weighted by Crippen LogP contribution is 2.47. The second-order valence-corrected chi connectivity index (χ2v) is 16.5. The molecule has 10 aromatic carbocycles. The topological polar surface area (TPSA) is 9.86 Å². The molecule has 0 saturated heterocycles. The van der Waals surface area contributed by atoms with Gasteiger partial charge in [0.1, 0.15) is 0 Å². The molecular weight excluding hydrogens is 785 g/mol. The molecule has 0 atom stereocenters. The van der Waals surface area contributed by atoms with Crippen LogP contribution in [0, 0.1) is 0 Å². The first-order chi connectivity index (χ1) is 32.3. The molecule has 0 aliphatic carbocycles. The minimum absolute atomic E-state index is 0.561. The zero-order valence-corrected chi connectivity index (χ0v) is 36.6. The molecule has 0 bridgehead atoms. The van der Waals surface area contributed by atoms with E-state index in [1.54, 1.807) is 0 Å². The number of hydrogen-bond donors (Lipinski definition) is 0. The number of hydrogen-bond acceptors (Lipinski definition) is 0. The lowest BCUT2D eigenvalue weighted by Gasteiger charge is -2.37. The maximum absolute atomic E-state index is 2.47.